The second-order valence-corrected chi connectivity index (χ2v) is 13.5. The van der Waals surface area contributed by atoms with Crippen molar-refractivity contribution in [1.29, 1.82) is 0 Å². The van der Waals surface area contributed by atoms with E-state index in [9.17, 15) is 45.5 Å². The van der Waals surface area contributed by atoms with E-state index in [1.807, 2.05) is 0 Å². The summed E-state index contributed by atoms with van der Waals surface area (Å²) in [5.74, 6) is -2.97. The van der Waals surface area contributed by atoms with Crippen LogP contribution in [0.5, 0.6) is 11.5 Å². The molecule has 0 saturated carbocycles. The summed E-state index contributed by atoms with van der Waals surface area (Å²) < 4.78 is 100. The first-order valence-electron chi connectivity index (χ1n) is 16.4. The van der Waals surface area contributed by atoms with Crippen molar-refractivity contribution in [2.24, 2.45) is 11.3 Å². The van der Waals surface area contributed by atoms with Gasteiger partial charge < -0.3 is 9.47 Å². The summed E-state index contributed by atoms with van der Waals surface area (Å²) in [7, 11) is 1.22. The van der Waals surface area contributed by atoms with E-state index in [1.54, 1.807) is 0 Å². The van der Waals surface area contributed by atoms with Gasteiger partial charge in [0.05, 0.1) is 18.4 Å². The summed E-state index contributed by atoms with van der Waals surface area (Å²) in [6, 6.07) is 18.3. The van der Waals surface area contributed by atoms with E-state index in [4.69, 9.17) is 9.47 Å². The SMILES string of the molecule is COc1ccc(C(c2ccc(OC(C)(C(C)C(=O)c3ccc(C(C)=O)cc3)C(C)(C)C(=O)c3cccc(C(C)=O)c3)cc2)(C(F)(F)F)C(F)(F)F)cc1. The molecule has 4 aromatic rings. The number of carbonyl (C=O) groups is 4. The molecule has 280 valence electrons. The van der Waals surface area contributed by atoms with Crippen LogP contribution in [0.2, 0.25) is 0 Å². The first-order chi connectivity index (χ1) is 24.5. The van der Waals surface area contributed by atoms with E-state index >= 15 is 0 Å². The Bertz CT molecular complexity index is 1980. The predicted octanol–water partition coefficient (Wildman–Crippen LogP) is 10.1. The van der Waals surface area contributed by atoms with Crippen molar-refractivity contribution in [3.63, 3.8) is 0 Å². The van der Waals surface area contributed by atoms with Gasteiger partial charge in [-0.05, 0) is 76.1 Å². The zero-order valence-electron chi connectivity index (χ0n) is 30.0. The number of rotatable bonds is 13. The molecule has 0 aromatic heterocycles. The quantitative estimate of drug-likeness (QED) is 0.100. The summed E-state index contributed by atoms with van der Waals surface area (Å²) in [5, 5.41) is 0. The molecule has 12 heteroatoms. The smallest absolute Gasteiger partial charge is 0.411 e. The van der Waals surface area contributed by atoms with E-state index < -0.39 is 57.4 Å². The molecule has 0 spiro atoms. The van der Waals surface area contributed by atoms with Crippen LogP contribution in [0.25, 0.3) is 0 Å². The van der Waals surface area contributed by atoms with Gasteiger partial charge in [-0.2, -0.15) is 26.3 Å². The van der Waals surface area contributed by atoms with Crippen LogP contribution < -0.4 is 9.47 Å². The van der Waals surface area contributed by atoms with Crippen LogP contribution in [0, 0.1) is 11.3 Å². The van der Waals surface area contributed by atoms with Crippen molar-refractivity contribution in [3.05, 3.63) is 130 Å². The molecular weight excluding hydrogens is 702 g/mol. The summed E-state index contributed by atoms with van der Waals surface area (Å²) >= 11 is 0. The summed E-state index contributed by atoms with van der Waals surface area (Å²) in [6.45, 7) is 8.61. The lowest BCUT2D eigenvalue weighted by Crippen LogP contribution is -2.57. The summed E-state index contributed by atoms with van der Waals surface area (Å²) in [6.07, 6.45) is -11.7. The maximum atomic E-state index is 14.8. The molecule has 0 amide bonds. The number of halogens is 6. The molecule has 2 unspecified atom stereocenters. The second-order valence-electron chi connectivity index (χ2n) is 13.5. The van der Waals surface area contributed by atoms with E-state index in [2.05, 4.69) is 0 Å². The summed E-state index contributed by atoms with van der Waals surface area (Å²) in [4.78, 5) is 52.3. The number of ketones is 4. The van der Waals surface area contributed by atoms with Crippen LogP contribution in [0.1, 0.15) is 94.1 Å². The molecule has 53 heavy (non-hydrogen) atoms. The maximum absolute atomic E-state index is 14.8. The Morgan fingerprint density at radius 3 is 1.45 bits per heavy atom. The molecule has 0 radical (unpaired) electrons. The van der Waals surface area contributed by atoms with Gasteiger partial charge in [-0.3, -0.25) is 19.2 Å². The average Bonchev–Trinajstić information content (AvgIpc) is 3.10. The highest BCUT2D eigenvalue weighted by atomic mass is 19.4. The number of hydrogen-bond donors (Lipinski definition) is 0. The lowest BCUT2D eigenvalue weighted by atomic mass is 9.64. The van der Waals surface area contributed by atoms with Crippen molar-refractivity contribution in [3.8, 4) is 11.5 Å². The molecule has 6 nitrogen and oxygen atoms in total. The number of hydrogen-bond acceptors (Lipinski definition) is 6. The standard InChI is InChI=1S/C41H38F6O6/c1-24(35(50)28-13-11-27(12-14-28)25(2)48)38(6,37(4,5)36(51)30-10-8-9-29(23-30)26(3)49)53-34-21-17-32(18-22-34)39(40(42,43)44,41(45,46)47)31-15-19-33(52-7)20-16-31/h8-24H,1-7H3. The van der Waals surface area contributed by atoms with E-state index in [1.165, 1.54) is 97.2 Å². The fraction of sp³-hybridized carbons (Fsp3) is 0.317. The van der Waals surface area contributed by atoms with Crippen LogP contribution in [0.3, 0.4) is 0 Å². The third-order valence-corrected chi connectivity index (χ3v) is 10.1. The van der Waals surface area contributed by atoms with Crippen LogP contribution in [-0.4, -0.2) is 48.2 Å². The largest absolute Gasteiger partial charge is 0.497 e. The van der Waals surface area contributed by atoms with Gasteiger partial charge >= 0.3 is 12.4 Å². The molecule has 0 heterocycles. The van der Waals surface area contributed by atoms with Crippen molar-refractivity contribution >= 4 is 23.1 Å². The third kappa shape index (κ3) is 7.36. The first kappa shape index (κ1) is 40.5. The van der Waals surface area contributed by atoms with Crippen molar-refractivity contribution < 1.29 is 55.0 Å². The Labute approximate surface area is 303 Å². The molecule has 0 aliphatic heterocycles. The Balaban J connectivity index is 1.87. The fourth-order valence-corrected chi connectivity index (χ4v) is 6.43. The van der Waals surface area contributed by atoms with Gasteiger partial charge in [0.1, 0.15) is 17.1 Å². The van der Waals surface area contributed by atoms with Crippen molar-refractivity contribution in [1.82, 2.24) is 0 Å². The fourth-order valence-electron chi connectivity index (χ4n) is 6.43. The first-order valence-corrected chi connectivity index (χ1v) is 16.4. The van der Waals surface area contributed by atoms with Gasteiger partial charge in [0, 0.05) is 22.3 Å². The lowest BCUT2D eigenvalue weighted by Gasteiger charge is -2.46. The highest BCUT2D eigenvalue weighted by Gasteiger charge is 2.72. The minimum Gasteiger partial charge on any atom is -0.497 e. The number of alkyl halides is 6. The van der Waals surface area contributed by atoms with Gasteiger partial charge in [0.2, 0.25) is 5.41 Å². The van der Waals surface area contributed by atoms with Crippen LogP contribution in [0.4, 0.5) is 26.3 Å². The minimum absolute atomic E-state index is 0.0543. The molecule has 4 aromatic carbocycles. The van der Waals surface area contributed by atoms with E-state index in [-0.39, 0.29) is 39.8 Å². The van der Waals surface area contributed by atoms with E-state index in [0.29, 0.717) is 29.8 Å². The minimum atomic E-state index is -5.85. The Morgan fingerprint density at radius 2 is 1.02 bits per heavy atom. The number of carbonyl (C=O) groups excluding carboxylic acids is 4. The van der Waals surface area contributed by atoms with Crippen molar-refractivity contribution in [2.75, 3.05) is 7.11 Å². The van der Waals surface area contributed by atoms with Gasteiger partial charge in [-0.1, -0.05) is 73.7 Å². The molecule has 2 atom stereocenters. The number of ether oxygens (including phenoxy) is 2. The molecule has 0 N–H and O–H groups in total. The van der Waals surface area contributed by atoms with Crippen molar-refractivity contribution in [2.45, 2.75) is 64.9 Å². The molecule has 0 fully saturated rings. The Hall–Kier alpha value is -5.26. The van der Waals surface area contributed by atoms with E-state index in [0.717, 1.165) is 24.3 Å². The summed E-state index contributed by atoms with van der Waals surface area (Å²) in [5.41, 5.74) is -9.27. The molecule has 0 saturated heterocycles. The average molecular weight is 741 g/mol. The zero-order valence-corrected chi connectivity index (χ0v) is 30.0. The van der Waals surface area contributed by atoms with Crippen LogP contribution in [0.15, 0.2) is 97.1 Å². The predicted molar refractivity (Wildman–Crippen MR) is 186 cm³/mol. The monoisotopic (exact) mass is 740 g/mol. The molecule has 4 rings (SSSR count). The Morgan fingerprint density at radius 1 is 0.585 bits per heavy atom. The highest BCUT2D eigenvalue weighted by molar-refractivity contribution is 6.05. The number of benzene rings is 4. The Kier molecular flexibility index (Phi) is 11.2. The number of methoxy groups -OCH3 is 1. The molecule has 0 aliphatic carbocycles. The molecule has 0 aliphatic rings. The van der Waals surface area contributed by atoms with Gasteiger partial charge in [-0.25, -0.2) is 0 Å². The molecule has 0 bridgehead atoms. The maximum Gasteiger partial charge on any atom is 0.411 e. The normalized spacial score (nSPS) is 14.1. The van der Waals surface area contributed by atoms with Crippen LogP contribution >= 0.6 is 0 Å². The van der Waals surface area contributed by atoms with Gasteiger partial charge in [0.25, 0.3) is 0 Å². The second kappa shape index (κ2) is 14.6. The van der Waals surface area contributed by atoms with Gasteiger partial charge in [0.15, 0.2) is 23.1 Å². The van der Waals surface area contributed by atoms with Gasteiger partial charge in [-0.15, -0.1) is 0 Å². The lowest BCUT2D eigenvalue weighted by molar-refractivity contribution is -0.288. The number of Topliss-reactive ketones (excluding diaryl/α,β-unsaturated/α-hetero) is 4. The molecular formula is C41H38F6O6. The van der Waals surface area contributed by atoms with Crippen LogP contribution in [-0.2, 0) is 5.41 Å². The third-order valence-electron chi connectivity index (χ3n) is 10.1. The zero-order chi connectivity index (χ0) is 39.7. The highest BCUT2D eigenvalue weighted by Crippen LogP contribution is 2.56. The topological polar surface area (TPSA) is 86.7 Å².